The van der Waals surface area contributed by atoms with Crippen LogP contribution in [-0.2, 0) is 16.1 Å². The minimum Gasteiger partial charge on any atom is -0.395 e. The maximum absolute atomic E-state index is 11.7. The number of carbonyl (C=O) groups excluding carboxylic acids is 2. The van der Waals surface area contributed by atoms with Gasteiger partial charge in [-0.15, -0.1) is 0 Å². The Morgan fingerprint density at radius 1 is 1.28 bits per heavy atom. The first-order valence-electron chi connectivity index (χ1n) is 5.91. The number of carbonyl (C=O) groups is 2. The molecule has 18 heavy (non-hydrogen) atoms. The summed E-state index contributed by atoms with van der Waals surface area (Å²) in [6.07, 6.45) is 0. The molecule has 5 nitrogen and oxygen atoms in total. The lowest BCUT2D eigenvalue weighted by molar-refractivity contribution is -0.146. The molecule has 1 rings (SSSR count). The van der Waals surface area contributed by atoms with Gasteiger partial charge in [0.2, 0.25) is 0 Å². The molecule has 0 unspecified atom stereocenters. The molecule has 98 valence electrons. The summed E-state index contributed by atoms with van der Waals surface area (Å²) in [5, 5.41) is 11.3. The molecule has 0 heterocycles. The van der Waals surface area contributed by atoms with Crippen LogP contribution in [-0.4, -0.2) is 41.5 Å². The van der Waals surface area contributed by atoms with E-state index < -0.39 is 11.8 Å². The molecule has 0 aliphatic rings. The average molecular weight is 250 g/mol. The van der Waals surface area contributed by atoms with E-state index in [0.29, 0.717) is 13.1 Å². The molecule has 0 aliphatic carbocycles. The fourth-order valence-corrected chi connectivity index (χ4v) is 1.52. The van der Waals surface area contributed by atoms with E-state index in [4.69, 9.17) is 5.11 Å². The molecule has 0 aliphatic heterocycles. The Morgan fingerprint density at radius 2 is 1.94 bits per heavy atom. The fourth-order valence-electron chi connectivity index (χ4n) is 1.52. The Hall–Kier alpha value is -1.88. The zero-order valence-corrected chi connectivity index (χ0v) is 10.4. The SMILES string of the molecule is CCN(CCO)C(=O)C(=O)NCc1ccccc1. The van der Waals surface area contributed by atoms with Crippen molar-refractivity contribution in [3.8, 4) is 0 Å². The predicted octanol–water partition coefficient (Wildman–Crippen LogP) is 0.144. The highest BCUT2D eigenvalue weighted by molar-refractivity contribution is 6.34. The summed E-state index contributed by atoms with van der Waals surface area (Å²) in [6.45, 7) is 2.51. The van der Waals surface area contributed by atoms with Crippen molar-refractivity contribution in [3.63, 3.8) is 0 Å². The molecular weight excluding hydrogens is 232 g/mol. The molecule has 0 atom stereocenters. The highest BCUT2D eigenvalue weighted by Gasteiger charge is 2.19. The van der Waals surface area contributed by atoms with Gasteiger partial charge in [-0.2, -0.15) is 0 Å². The second-order valence-electron chi connectivity index (χ2n) is 3.78. The first-order chi connectivity index (χ1) is 8.69. The molecule has 2 amide bonds. The Labute approximate surface area is 106 Å². The van der Waals surface area contributed by atoms with Gasteiger partial charge in [0, 0.05) is 19.6 Å². The molecular formula is C13H18N2O3. The van der Waals surface area contributed by atoms with E-state index in [1.54, 1.807) is 6.92 Å². The quantitative estimate of drug-likeness (QED) is 0.731. The van der Waals surface area contributed by atoms with Crippen LogP contribution in [0.5, 0.6) is 0 Å². The van der Waals surface area contributed by atoms with Crippen LogP contribution in [0.15, 0.2) is 30.3 Å². The number of hydrogen-bond donors (Lipinski definition) is 2. The van der Waals surface area contributed by atoms with Gasteiger partial charge in [-0.1, -0.05) is 30.3 Å². The van der Waals surface area contributed by atoms with Crippen molar-refractivity contribution in [1.82, 2.24) is 10.2 Å². The first-order valence-corrected chi connectivity index (χ1v) is 5.91. The van der Waals surface area contributed by atoms with Crippen LogP contribution in [0.3, 0.4) is 0 Å². The Morgan fingerprint density at radius 3 is 2.50 bits per heavy atom. The predicted molar refractivity (Wildman–Crippen MR) is 67.6 cm³/mol. The number of nitrogens with zero attached hydrogens (tertiary/aromatic N) is 1. The van der Waals surface area contributed by atoms with Gasteiger partial charge in [0.25, 0.3) is 0 Å². The molecule has 1 aromatic carbocycles. The molecule has 0 aromatic heterocycles. The summed E-state index contributed by atoms with van der Waals surface area (Å²) in [7, 11) is 0. The maximum Gasteiger partial charge on any atom is 0.311 e. The molecule has 0 fully saturated rings. The van der Waals surface area contributed by atoms with Crippen LogP contribution in [0, 0.1) is 0 Å². The summed E-state index contributed by atoms with van der Waals surface area (Å²) >= 11 is 0. The Bertz CT molecular complexity index is 392. The number of amides is 2. The monoisotopic (exact) mass is 250 g/mol. The number of rotatable bonds is 5. The lowest BCUT2D eigenvalue weighted by Crippen LogP contribution is -2.43. The molecule has 0 spiro atoms. The fraction of sp³-hybridized carbons (Fsp3) is 0.385. The normalized spacial score (nSPS) is 9.89. The van der Waals surface area contributed by atoms with Crippen molar-refractivity contribution in [2.24, 2.45) is 0 Å². The number of aliphatic hydroxyl groups is 1. The van der Waals surface area contributed by atoms with Gasteiger partial charge in [0.1, 0.15) is 0 Å². The van der Waals surface area contributed by atoms with Gasteiger partial charge in [-0.25, -0.2) is 0 Å². The number of nitrogens with one attached hydrogen (secondary N) is 1. The third kappa shape index (κ3) is 4.18. The lowest BCUT2D eigenvalue weighted by Gasteiger charge is -2.18. The van der Waals surface area contributed by atoms with Crippen LogP contribution in [0.1, 0.15) is 12.5 Å². The van der Waals surface area contributed by atoms with Crippen molar-refractivity contribution in [3.05, 3.63) is 35.9 Å². The van der Waals surface area contributed by atoms with Crippen molar-refractivity contribution in [2.45, 2.75) is 13.5 Å². The molecule has 0 radical (unpaired) electrons. The van der Waals surface area contributed by atoms with Gasteiger partial charge < -0.3 is 15.3 Å². The maximum atomic E-state index is 11.7. The largest absolute Gasteiger partial charge is 0.395 e. The minimum atomic E-state index is -0.644. The number of hydrogen-bond acceptors (Lipinski definition) is 3. The van der Waals surface area contributed by atoms with Crippen LogP contribution < -0.4 is 5.32 Å². The van der Waals surface area contributed by atoms with Crippen molar-refractivity contribution < 1.29 is 14.7 Å². The van der Waals surface area contributed by atoms with Gasteiger partial charge in [0.05, 0.1) is 6.61 Å². The van der Waals surface area contributed by atoms with Crippen molar-refractivity contribution >= 4 is 11.8 Å². The van der Waals surface area contributed by atoms with Gasteiger partial charge >= 0.3 is 11.8 Å². The third-order valence-electron chi connectivity index (χ3n) is 2.53. The van der Waals surface area contributed by atoms with E-state index >= 15 is 0 Å². The summed E-state index contributed by atoms with van der Waals surface area (Å²) in [5.41, 5.74) is 0.934. The standard InChI is InChI=1S/C13H18N2O3/c1-2-15(8-9-16)13(18)12(17)14-10-11-6-4-3-5-7-11/h3-7,16H,2,8-10H2,1H3,(H,14,17). The molecule has 1 aromatic rings. The summed E-state index contributed by atoms with van der Waals surface area (Å²) in [6, 6.07) is 9.36. The highest BCUT2D eigenvalue weighted by atomic mass is 16.3. The summed E-state index contributed by atoms with van der Waals surface area (Å²) in [4.78, 5) is 24.6. The van der Waals surface area contributed by atoms with Crippen LogP contribution >= 0.6 is 0 Å². The first kappa shape index (κ1) is 14.2. The lowest BCUT2D eigenvalue weighted by atomic mass is 10.2. The average Bonchev–Trinajstić information content (AvgIpc) is 2.42. The molecule has 0 saturated carbocycles. The van der Waals surface area contributed by atoms with Gasteiger partial charge in [-0.3, -0.25) is 9.59 Å². The molecule has 2 N–H and O–H groups in total. The van der Waals surface area contributed by atoms with E-state index in [2.05, 4.69) is 5.32 Å². The Balaban J connectivity index is 2.47. The van der Waals surface area contributed by atoms with E-state index in [1.165, 1.54) is 4.90 Å². The van der Waals surface area contributed by atoms with Crippen LogP contribution in [0.2, 0.25) is 0 Å². The number of likely N-dealkylation sites (N-methyl/N-ethyl adjacent to an activating group) is 1. The number of aliphatic hydroxyl groups excluding tert-OH is 1. The Kier molecular flexibility index (Phi) is 5.87. The molecule has 5 heteroatoms. The van der Waals surface area contributed by atoms with E-state index in [0.717, 1.165) is 5.56 Å². The van der Waals surface area contributed by atoms with Crippen molar-refractivity contribution in [1.29, 1.82) is 0 Å². The second-order valence-corrected chi connectivity index (χ2v) is 3.78. The topological polar surface area (TPSA) is 69.6 Å². The third-order valence-corrected chi connectivity index (χ3v) is 2.53. The van der Waals surface area contributed by atoms with Crippen molar-refractivity contribution in [2.75, 3.05) is 19.7 Å². The van der Waals surface area contributed by atoms with Gasteiger partial charge in [0.15, 0.2) is 0 Å². The van der Waals surface area contributed by atoms with Crippen LogP contribution in [0.4, 0.5) is 0 Å². The number of benzene rings is 1. The zero-order chi connectivity index (χ0) is 13.4. The summed E-state index contributed by atoms with van der Waals surface area (Å²) < 4.78 is 0. The smallest absolute Gasteiger partial charge is 0.311 e. The van der Waals surface area contributed by atoms with E-state index in [1.807, 2.05) is 30.3 Å². The van der Waals surface area contributed by atoms with E-state index in [9.17, 15) is 9.59 Å². The van der Waals surface area contributed by atoms with Gasteiger partial charge in [-0.05, 0) is 12.5 Å². The van der Waals surface area contributed by atoms with E-state index in [-0.39, 0.29) is 13.2 Å². The zero-order valence-electron chi connectivity index (χ0n) is 10.4. The minimum absolute atomic E-state index is 0.147. The highest BCUT2D eigenvalue weighted by Crippen LogP contribution is 1.97. The molecule has 0 bridgehead atoms. The van der Waals surface area contributed by atoms with Crippen LogP contribution in [0.25, 0.3) is 0 Å². The summed E-state index contributed by atoms with van der Waals surface area (Å²) in [5.74, 6) is -1.25. The second kappa shape index (κ2) is 7.45. The molecule has 0 saturated heterocycles.